The average Bonchev–Trinajstić information content (AvgIpc) is 3.27. The molecule has 5 nitrogen and oxygen atoms in total. The van der Waals surface area contributed by atoms with E-state index in [0.717, 1.165) is 45.9 Å². The molecule has 0 spiro atoms. The second-order valence-electron chi connectivity index (χ2n) is 10.5. The molecule has 0 saturated heterocycles. The summed E-state index contributed by atoms with van der Waals surface area (Å²) in [7, 11) is -4.52. The van der Waals surface area contributed by atoms with Crippen LogP contribution in [-0.2, 0) is 21.6 Å². The predicted molar refractivity (Wildman–Crippen MR) is 146 cm³/mol. The van der Waals surface area contributed by atoms with Crippen LogP contribution < -0.4 is 0 Å². The number of carboxylic acid groups (broad SMARTS) is 1. The standard InChI is InChI=1S/C30H27F4NO4S/c1-5-26(20-7-6-8-22(15-20)29(2,3)4)40(38,39)35-24-14-13-23(30(32,33)34)16-21(24)17-25(35)27(31)18-9-11-19(12-10-18)28(36)37/h5-17,26-27H,1H2,2-4H3,(H,36,37). The highest BCUT2D eigenvalue weighted by atomic mass is 32.2. The van der Waals surface area contributed by atoms with E-state index < -0.39 is 44.8 Å². The third-order valence-corrected chi connectivity index (χ3v) is 8.72. The van der Waals surface area contributed by atoms with Crippen LogP contribution in [0.4, 0.5) is 17.6 Å². The summed E-state index contributed by atoms with van der Waals surface area (Å²) in [5, 5.41) is 7.68. The topological polar surface area (TPSA) is 76.4 Å². The molecule has 4 aromatic rings. The predicted octanol–water partition coefficient (Wildman–Crippen LogP) is 7.82. The third kappa shape index (κ3) is 5.40. The minimum atomic E-state index is -4.70. The molecule has 0 fully saturated rings. The van der Waals surface area contributed by atoms with E-state index in [-0.39, 0.29) is 27.4 Å². The summed E-state index contributed by atoms with van der Waals surface area (Å²) < 4.78 is 85.6. The Morgan fingerprint density at radius 2 is 1.57 bits per heavy atom. The van der Waals surface area contributed by atoms with Crippen molar-refractivity contribution in [3.63, 3.8) is 0 Å². The van der Waals surface area contributed by atoms with E-state index in [4.69, 9.17) is 5.11 Å². The van der Waals surface area contributed by atoms with Gasteiger partial charge in [-0.1, -0.05) is 63.2 Å². The number of halogens is 4. The van der Waals surface area contributed by atoms with Crippen LogP contribution in [0, 0.1) is 0 Å². The van der Waals surface area contributed by atoms with E-state index in [1.165, 1.54) is 18.2 Å². The molecule has 1 heterocycles. The van der Waals surface area contributed by atoms with E-state index >= 15 is 4.39 Å². The lowest BCUT2D eigenvalue weighted by atomic mass is 9.86. The van der Waals surface area contributed by atoms with Crippen LogP contribution in [0.25, 0.3) is 10.9 Å². The van der Waals surface area contributed by atoms with Gasteiger partial charge < -0.3 is 5.11 Å². The fourth-order valence-electron chi connectivity index (χ4n) is 4.54. The van der Waals surface area contributed by atoms with Gasteiger partial charge in [0.25, 0.3) is 0 Å². The van der Waals surface area contributed by atoms with Crippen molar-refractivity contribution in [3.8, 4) is 0 Å². The summed E-state index contributed by atoms with van der Waals surface area (Å²) >= 11 is 0. The molecule has 4 rings (SSSR count). The summed E-state index contributed by atoms with van der Waals surface area (Å²) in [6.07, 6.45) is -5.61. The zero-order chi connectivity index (χ0) is 29.6. The molecule has 0 bridgehead atoms. The summed E-state index contributed by atoms with van der Waals surface area (Å²) in [5.41, 5.74) is -0.834. The van der Waals surface area contributed by atoms with E-state index in [1.54, 1.807) is 18.2 Å². The number of carbonyl (C=O) groups is 1. The summed E-state index contributed by atoms with van der Waals surface area (Å²) in [5.74, 6) is -1.23. The van der Waals surface area contributed by atoms with Crippen molar-refractivity contribution in [1.29, 1.82) is 0 Å². The van der Waals surface area contributed by atoms with E-state index in [2.05, 4.69) is 6.58 Å². The van der Waals surface area contributed by atoms with Crippen LogP contribution >= 0.6 is 0 Å². The van der Waals surface area contributed by atoms with Crippen molar-refractivity contribution in [2.75, 3.05) is 0 Å². The molecule has 2 atom stereocenters. The molecule has 0 amide bonds. The van der Waals surface area contributed by atoms with Gasteiger partial charge >= 0.3 is 12.1 Å². The van der Waals surface area contributed by atoms with Crippen LogP contribution in [0.3, 0.4) is 0 Å². The van der Waals surface area contributed by atoms with Crippen molar-refractivity contribution >= 4 is 26.9 Å². The number of fused-ring (bicyclic) bond motifs is 1. The molecular weight excluding hydrogens is 546 g/mol. The molecule has 0 aliphatic rings. The Morgan fingerprint density at radius 3 is 2.12 bits per heavy atom. The van der Waals surface area contributed by atoms with Gasteiger partial charge in [0.1, 0.15) is 5.25 Å². The maximum absolute atomic E-state index is 16.1. The Kier molecular flexibility index (Phi) is 7.44. The quantitative estimate of drug-likeness (QED) is 0.181. The van der Waals surface area contributed by atoms with Crippen LogP contribution in [-0.4, -0.2) is 23.5 Å². The monoisotopic (exact) mass is 573 g/mol. The van der Waals surface area contributed by atoms with Gasteiger partial charge in [-0.3, -0.25) is 0 Å². The number of carboxylic acids is 1. The minimum absolute atomic E-state index is 0.0646. The van der Waals surface area contributed by atoms with Crippen molar-refractivity contribution in [2.24, 2.45) is 0 Å². The Morgan fingerprint density at radius 1 is 0.925 bits per heavy atom. The van der Waals surface area contributed by atoms with Gasteiger partial charge in [-0.2, -0.15) is 13.2 Å². The van der Waals surface area contributed by atoms with Crippen molar-refractivity contribution < 1.29 is 35.9 Å². The molecule has 2 unspecified atom stereocenters. The maximum atomic E-state index is 16.1. The summed E-state index contributed by atoms with van der Waals surface area (Å²) in [6, 6.07) is 15.2. The number of aromatic nitrogens is 1. The number of nitrogens with zero attached hydrogens (tertiary/aromatic N) is 1. The highest BCUT2D eigenvalue weighted by molar-refractivity contribution is 7.90. The van der Waals surface area contributed by atoms with Gasteiger partial charge in [-0.25, -0.2) is 21.6 Å². The lowest BCUT2D eigenvalue weighted by Crippen LogP contribution is -2.23. The molecule has 0 aliphatic carbocycles. The molecule has 0 radical (unpaired) electrons. The molecule has 10 heteroatoms. The van der Waals surface area contributed by atoms with Crippen molar-refractivity contribution in [3.05, 3.63) is 119 Å². The zero-order valence-corrected chi connectivity index (χ0v) is 22.7. The first-order valence-electron chi connectivity index (χ1n) is 12.2. The van der Waals surface area contributed by atoms with E-state index in [0.29, 0.717) is 5.56 Å². The van der Waals surface area contributed by atoms with Gasteiger partial charge in [0.05, 0.1) is 22.3 Å². The lowest BCUT2D eigenvalue weighted by molar-refractivity contribution is -0.137. The largest absolute Gasteiger partial charge is 0.478 e. The lowest BCUT2D eigenvalue weighted by Gasteiger charge is -2.23. The molecule has 0 aliphatic heterocycles. The summed E-state index contributed by atoms with van der Waals surface area (Å²) in [6.45, 7) is 9.58. The van der Waals surface area contributed by atoms with Gasteiger partial charge in [0.2, 0.25) is 10.0 Å². The highest BCUT2D eigenvalue weighted by Crippen LogP contribution is 2.39. The minimum Gasteiger partial charge on any atom is -0.478 e. The molecule has 1 aromatic heterocycles. The Balaban J connectivity index is 1.96. The average molecular weight is 574 g/mol. The molecular formula is C30H27F4NO4S. The van der Waals surface area contributed by atoms with Gasteiger partial charge in [-0.05, 0) is 58.5 Å². The zero-order valence-electron chi connectivity index (χ0n) is 21.9. The normalized spacial score (nSPS) is 14.2. The molecule has 210 valence electrons. The first-order chi connectivity index (χ1) is 18.6. The smallest absolute Gasteiger partial charge is 0.416 e. The third-order valence-electron chi connectivity index (χ3n) is 6.69. The second-order valence-corrected chi connectivity index (χ2v) is 12.4. The highest BCUT2D eigenvalue weighted by Gasteiger charge is 2.35. The number of benzene rings is 3. The summed E-state index contributed by atoms with van der Waals surface area (Å²) in [4.78, 5) is 11.2. The van der Waals surface area contributed by atoms with Crippen molar-refractivity contribution in [2.45, 2.75) is 43.8 Å². The Bertz CT molecular complexity index is 1700. The molecule has 40 heavy (non-hydrogen) atoms. The Hall–Kier alpha value is -3.92. The van der Waals surface area contributed by atoms with Gasteiger partial charge in [-0.15, -0.1) is 6.58 Å². The second kappa shape index (κ2) is 10.2. The van der Waals surface area contributed by atoms with Gasteiger partial charge in [0, 0.05) is 5.39 Å². The SMILES string of the molecule is C=CC(c1cccc(C(C)(C)C)c1)S(=O)(=O)n1c(C(F)c2ccc(C(=O)O)cc2)cc2cc(C(F)(F)F)ccc21. The van der Waals surface area contributed by atoms with E-state index in [1.807, 2.05) is 26.8 Å². The molecule has 3 aromatic carbocycles. The number of alkyl halides is 4. The van der Waals surface area contributed by atoms with Crippen LogP contribution in [0.5, 0.6) is 0 Å². The molecule has 0 saturated carbocycles. The number of hydrogen-bond donors (Lipinski definition) is 1. The first kappa shape index (κ1) is 29.1. The number of hydrogen-bond acceptors (Lipinski definition) is 3. The first-order valence-corrected chi connectivity index (χ1v) is 13.7. The number of aromatic carboxylic acids is 1. The fraction of sp³-hybridized carbons (Fsp3) is 0.233. The van der Waals surface area contributed by atoms with Crippen molar-refractivity contribution in [1.82, 2.24) is 3.97 Å². The molecule has 1 N–H and O–H groups in total. The maximum Gasteiger partial charge on any atom is 0.416 e. The van der Waals surface area contributed by atoms with E-state index in [9.17, 15) is 26.4 Å². The van der Waals surface area contributed by atoms with Crippen LogP contribution in [0.15, 0.2) is 85.5 Å². The van der Waals surface area contributed by atoms with Crippen LogP contribution in [0.2, 0.25) is 0 Å². The van der Waals surface area contributed by atoms with Gasteiger partial charge in [0.15, 0.2) is 6.17 Å². The van der Waals surface area contributed by atoms with Crippen LogP contribution in [0.1, 0.15) is 70.5 Å². The number of rotatable bonds is 7. The fourth-order valence-corrected chi connectivity index (χ4v) is 6.38. The Labute approximate surface area is 229 Å².